The number of ether oxygens (including phenoxy) is 1. The van der Waals surface area contributed by atoms with Crippen LogP contribution in [0.4, 0.5) is 8.78 Å². The normalized spacial score (nSPS) is 12.3. The zero-order valence-electron chi connectivity index (χ0n) is 9.17. The van der Waals surface area contributed by atoms with Crippen LogP contribution in [0.5, 0.6) is 0 Å². The predicted octanol–water partition coefficient (Wildman–Crippen LogP) is 2.57. The number of carbonyl (C=O) groups is 1. The Morgan fingerprint density at radius 1 is 1.47 bits per heavy atom. The molecule has 2 N–H and O–H groups in total. The van der Waals surface area contributed by atoms with E-state index in [4.69, 9.17) is 17.3 Å². The van der Waals surface area contributed by atoms with E-state index in [9.17, 15) is 13.6 Å². The standard InChI is InChI=1S/C11H12ClF2NO2/c1-2-17-9(16)5-8(15)10-6(13)3-4-7(14)11(10)12/h3-4,8H,2,5,15H2,1H3/t8-/m1/s1. The molecule has 17 heavy (non-hydrogen) atoms. The molecule has 0 bridgehead atoms. The molecule has 1 aromatic carbocycles. The van der Waals surface area contributed by atoms with Gasteiger partial charge >= 0.3 is 5.97 Å². The van der Waals surface area contributed by atoms with E-state index in [1.807, 2.05) is 0 Å². The van der Waals surface area contributed by atoms with Crippen molar-refractivity contribution in [3.05, 3.63) is 34.4 Å². The number of carbonyl (C=O) groups excluding carboxylic acids is 1. The molecule has 94 valence electrons. The van der Waals surface area contributed by atoms with Crippen molar-refractivity contribution in [3.8, 4) is 0 Å². The molecular formula is C11H12ClF2NO2. The number of halogens is 3. The molecule has 0 saturated heterocycles. The lowest BCUT2D eigenvalue weighted by atomic mass is 10.0. The summed E-state index contributed by atoms with van der Waals surface area (Å²) in [6.07, 6.45) is -0.256. The van der Waals surface area contributed by atoms with Crippen LogP contribution in [0.3, 0.4) is 0 Å². The summed E-state index contributed by atoms with van der Waals surface area (Å²) >= 11 is 5.61. The Hall–Kier alpha value is -1.20. The van der Waals surface area contributed by atoms with Crippen LogP contribution in [-0.2, 0) is 9.53 Å². The second kappa shape index (κ2) is 5.93. The minimum Gasteiger partial charge on any atom is -0.466 e. The Morgan fingerprint density at radius 2 is 2.06 bits per heavy atom. The Bertz CT molecular complexity index is 426. The van der Waals surface area contributed by atoms with Crippen molar-refractivity contribution in [3.63, 3.8) is 0 Å². The molecule has 0 unspecified atom stereocenters. The molecule has 1 atom stereocenters. The van der Waals surface area contributed by atoms with Gasteiger partial charge in [0.15, 0.2) is 0 Å². The minimum atomic E-state index is -1.03. The Morgan fingerprint density at radius 3 is 2.65 bits per heavy atom. The highest BCUT2D eigenvalue weighted by Crippen LogP contribution is 2.29. The third-order valence-corrected chi connectivity index (χ3v) is 2.53. The summed E-state index contributed by atoms with van der Waals surface area (Å²) in [6, 6.07) is 0.789. The summed E-state index contributed by atoms with van der Waals surface area (Å²) in [4.78, 5) is 11.2. The van der Waals surface area contributed by atoms with Crippen molar-refractivity contribution in [1.29, 1.82) is 0 Å². The Labute approximate surface area is 103 Å². The lowest BCUT2D eigenvalue weighted by molar-refractivity contribution is -0.143. The number of esters is 1. The number of benzene rings is 1. The van der Waals surface area contributed by atoms with E-state index in [0.717, 1.165) is 12.1 Å². The highest BCUT2D eigenvalue weighted by Gasteiger charge is 2.21. The van der Waals surface area contributed by atoms with Gasteiger partial charge in [-0.1, -0.05) is 11.6 Å². The Balaban J connectivity index is 2.92. The highest BCUT2D eigenvalue weighted by molar-refractivity contribution is 6.31. The van der Waals surface area contributed by atoms with Gasteiger partial charge in [0.05, 0.1) is 18.1 Å². The Kier molecular flexibility index (Phi) is 4.84. The molecule has 1 aromatic rings. The van der Waals surface area contributed by atoms with Crippen molar-refractivity contribution >= 4 is 17.6 Å². The van der Waals surface area contributed by atoms with Crippen LogP contribution in [0.2, 0.25) is 5.02 Å². The predicted molar refractivity (Wildman–Crippen MR) is 59.5 cm³/mol. The average molecular weight is 264 g/mol. The van der Waals surface area contributed by atoms with E-state index in [1.54, 1.807) is 6.92 Å². The molecule has 0 aliphatic rings. The molecule has 0 spiro atoms. The SMILES string of the molecule is CCOC(=O)C[C@@H](N)c1c(F)ccc(F)c1Cl. The molecule has 1 rings (SSSR count). The average Bonchev–Trinajstić information content (AvgIpc) is 2.24. The summed E-state index contributed by atoms with van der Waals surface area (Å²) in [6.45, 7) is 1.84. The van der Waals surface area contributed by atoms with E-state index >= 15 is 0 Å². The molecule has 0 fully saturated rings. The molecule has 0 saturated carbocycles. The zero-order valence-corrected chi connectivity index (χ0v) is 9.93. The van der Waals surface area contributed by atoms with Gasteiger partial charge in [-0.05, 0) is 19.1 Å². The maximum atomic E-state index is 13.4. The van der Waals surface area contributed by atoms with Crippen molar-refractivity contribution < 1.29 is 18.3 Å². The summed E-state index contributed by atoms with van der Waals surface area (Å²) < 4.78 is 31.2. The molecule has 3 nitrogen and oxygen atoms in total. The number of rotatable bonds is 4. The van der Waals surface area contributed by atoms with Gasteiger partial charge in [-0.3, -0.25) is 4.79 Å². The van der Waals surface area contributed by atoms with Crippen LogP contribution >= 0.6 is 11.6 Å². The zero-order chi connectivity index (χ0) is 13.0. The van der Waals surface area contributed by atoms with Crippen LogP contribution in [0.15, 0.2) is 12.1 Å². The monoisotopic (exact) mass is 263 g/mol. The maximum absolute atomic E-state index is 13.4. The first-order valence-corrected chi connectivity index (χ1v) is 5.39. The number of hydrogen-bond acceptors (Lipinski definition) is 3. The lowest BCUT2D eigenvalue weighted by Gasteiger charge is -2.14. The molecule has 0 aromatic heterocycles. The first-order valence-electron chi connectivity index (χ1n) is 5.02. The van der Waals surface area contributed by atoms with Gasteiger partial charge in [0.2, 0.25) is 0 Å². The summed E-state index contributed by atoms with van der Waals surface area (Å²) in [5.74, 6) is -2.10. The van der Waals surface area contributed by atoms with Gasteiger partial charge in [-0.25, -0.2) is 8.78 Å². The van der Waals surface area contributed by atoms with Crippen molar-refractivity contribution in [2.24, 2.45) is 5.73 Å². The molecule has 0 aliphatic carbocycles. The molecule has 0 radical (unpaired) electrons. The van der Waals surface area contributed by atoms with Crippen LogP contribution in [0.25, 0.3) is 0 Å². The fourth-order valence-corrected chi connectivity index (χ4v) is 1.68. The van der Waals surface area contributed by atoms with Gasteiger partial charge in [0.25, 0.3) is 0 Å². The maximum Gasteiger partial charge on any atom is 0.307 e. The first-order chi connectivity index (χ1) is 7.97. The van der Waals surface area contributed by atoms with Gasteiger partial charge < -0.3 is 10.5 Å². The lowest BCUT2D eigenvalue weighted by Crippen LogP contribution is -2.19. The van der Waals surface area contributed by atoms with Gasteiger partial charge in [0, 0.05) is 11.6 Å². The van der Waals surface area contributed by atoms with Crippen molar-refractivity contribution in [2.45, 2.75) is 19.4 Å². The minimum absolute atomic E-state index is 0.199. The van der Waals surface area contributed by atoms with Crippen LogP contribution in [-0.4, -0.2) is 12.6 Å². The van der Waals surface area contributed by atoms with Crippen molar-refractivity contribution in [1.82, 2.24) is 0 Å². The third kappa shape index (κ3) is 3.38. The fraction of sp³-hybridized carbons (Fsp3) is 0.364. The van der Waals surface area contributed by atoms with Crippen LogP contribution in [0, 0.1) is 11.6 Å². The number of hydrogen-bond donors (Lipinski definition) is 1. The van der Waals surface area contributed by atoms with Crippen molar-refractivity contribution in [2.75, 3.05) is 6.61 Å². The quantitative estimate of drug-likeness (QED) is 0.671. The highest BCUT2D eigenvalue weighted by atomic mass is 35.5. The van der Waals surface area contributed by atoms with E-state index in [2.05, 4.69) is 4.74 Å². The molecule has 0 heterocycles. The first kappa shape index (κ1) is 13.9. The number of nitrogens with two attached hydrogens (primary N) is 1. The van der Waals surface area contributed by atoms with Gasteiger partial charge in [0.1, 0.15) is 11.6 Å². The molecular weight excluding hydrogens is 252 g/mol. The topological polar surface area (TPSA) is 52.3 Å². The van der Waals surface area contributed by atoms with Crippen LogP contribution in [0.1, 0.15) is 24.9 Å². The van der Waals surface area contributed by atoms with E-state index in [1.165, 1.54) is 0 Å². The molecule has 6 heteroatoms. The van der Waals surface area contributed by atoms with Gasteiger partial charge in [-0.2, -0.15) is 0 Å². The fourth-order valence-electron chi connectivity index (χ4n) is 1.38. The summed E-state index contributed by atoms with van der Waals surface area (Å²) in [5, 5.41) is -0.401. The second-order valence-corrected chi connectivity index (χ2v) is 3.75. The summed E-state index contributed by atoms with van der Waals surface area (Å²) in [5.41, 5.74) is 5.40. The second-order valence-electron chi connectivity index (χ2n) is 3.37. The largest absolute Gasteiger partial charge is 0.466 e. The molecule has 0 amide bonds. The van der Waals surface area contributed by atoms with Gasteiger partial charge in [-0.15, -0.1) is 0 Å². The van der Waals surface area contributed by atoms with E-state index in [0.29, 0.717) is 0 Å². The summed E-state index contributed by atoms with van der Waals surface area (Å²) in [7, 11) is 0. The van der Waals surface area contributed by atoms with Crippen LogP contribution < -0.4 is 5.73 Å². The molecule has 0 aliphatic heterocycles. The van der Waals surface area contributed by atoms with E-state index < -0.39 is 28.7 Å². The third-order valence-electron chi connectivity index (χ3n) is 2.14. The van der Waals surface area contributed by atoms with E-state index in [-0.39, 0.29) is 18.6 Å². The smallest absolute Gasteiger partial charge is 0.307 e.